The molecule has 1 aliphatic carbocycles. The van der Waals surface area contributed by atoms with Gasteiger partial charge in [0.1, 0.15) is 5.82 Å². The largest absolute Gasteiger partial charge is 0.383 e. The molecule has 3 heterocycles. The van der Waals surface area contributed by atoms with Crippen LogP contribution in [0.1, 0.15) is 25.3 Å². The van der Waals surface area contributed by atoms with Gasteiger partial charge in [-0.15, -0.1) is 11.3 Å². The molecule has 0 aliphatic heterocycles. The normalized spacial score (nSPS) is 16.4. The molecule has 2 N–H and O–H groups in total. The Balaban J connectivity index is 1.99. The fraction of sp³-hybridized carbons (Fsp3) is 0.286. The first kappa shape index (κ1) is 11.7. The predicted molar refractivity (Wildman–Crippen MR) is 79.4 cm³/mol. The third-order valence-corrected chi connectivity index (χ3v) is 4.71. The monoisotopic (exact) mass is 283 g/mol. The van der Waals surface area contributed by atoms with E-state index in [-0.39, 0.29) is 5.41 Å². The van der Waals surface area contributed by atoms with Gasteiger partial charge in [0.05, 0.1) is 22.1 Å². The number of hydrogen-bond acceptors (Lipinski definition) is 6. The van der Waals surface area contributed by atoms with Crippen molar-refractivity contribution in [1.29, 1.82) is 0 Å². The minimum atomic E-state index is 0.190. The van der Waals surface area contributed by atoms with Crippen molar-refractivity contribution in [3.8, 4) is 10.7 Å². The Hall–Kier alpha value is -2.08. The summed E-state index contributed by atoms with van der Waals surface area (Å²) in [4.78, 5) is 18.4. The van der Waals surface area contributed by atoms with E-state index >= 15 is 0 Å². The molecule has 0 spiro atoms. The van der Waals surface area contributed by atoms with Gasteiger partial charge < -0.3 is 5.73 Å². The highest BCUT2D eigenvalue weighted by atomic mass is 32.1. The number of fused-ring (bicyclic) bond motifs is 1. The van der Waals surface area contributed by atoms with Crippen LogP contribution in [0.15, 0.2) is 24.1 Å². The topological polar surface area (TPSA) is 77.6 Å². The minimum absolute atomic E-state index is 0.190. The van der Waals surface area contributed by atoms with Gasteiger partial charge in [0, 0.05) is 17.8 Å². The molecule has 1 fully saturated rings. The summed E-state index contributed by atoms with van der Waals surface area (Å²) in [6.07, 6.45) is 7.76. The summed E-state index contributed by atoms with van der Waals surface area (Å²) in [7, 11) is 0. The lowest BCUT2D eigenvalue weighted by atomic mass is 9.96. The van der Waals surface area contributed by atoms with Crippen LogP contribution in [0.25, 0.3) is 21.6 Å². The Bertz CT molecular complexity index is 793. The number of nitrogens with zero attached hydrogens (tertiary/aromatic N) is 4. The van der Waals surface area contributed by atoms with Gasteiger partial charge in [-0.25, -0.2) is 9.97 Å². The molecule has 100 valence electrons. The maximum Gasteiger partial charge on any atom is 0.173 e. The number of hydrogen-bond donors (Lipinski definition) is 1. The summed E-state index contributed by atoms with van der Waals surface area (Å²) in [5, 5.41) is 0.952. The van der Waals surface area contributed by atoms with Crippen LogP contribution >= 0.6 is 11.3 Å². The highest BCUT2D eigenvalue weighted by Gasteiger charge is 2.41. The zero-order valence-corrected chi connectivity index (χ0v) is 11.8. The minimum Gasteiger partial charge on any atom is -0.383 e. The first-order valence-electron chi connectivity index (χ1n) is 6.48. The van der Waals surface area contributed by atoms with E-state index in [9.17, 15) is 0 Å². The first-order chi connectivity index (χ1) is 9.67. The van der Waals surface area contributed by atoms with E-state index in [2.05, 4.69) is 26.9 Å². The molecule has 1 saturated carbocycles. The highest BCUT2D eigenvalue weighted by Crippen LogP contribution is 2.50. The molecule has 20 heavy (non-hydrogen) atoms. The van der Waals surface area contributed by atoms with Crippen molar-refractivity contribution in [2.75, 3.05) is 5.73 Å². The maximum absolute atomic E-state index is 6.19. The van der Waals surface area contributed by atoms with Crippen LogP contribution in [-0.4, -0.2) is 19.9 Å². The van der Waals surface area contributed by atoms with Gasteiger partial charge in [0.25, 0.3) is 0 Å². The molecule has 4 rings (SSSR count). The molecule has 3 aromatic rings. The van der Waals surface area contributed by atoms with E-state index < -0.39 is 0 Å². The van der Waals surface area contributed by atoms with Crippen LogP contribution in [0.5, 0.6) is 0 Å². The van der Waals surface area contributed by atoms with Gasteiger partial charge in [-0.05, 0) is 23.8 Å². The summed E-state index contributed by atoms with van der Waals surface area (Å²) < 4.78 is 0. The van der Waals surface area contributed by atoms with Gasteiger partial charge >= 0.3 is 0 Å². The molecule has 0 aromatic carbocycles. The van der Waals surface area contributed by atoms with E-state index in [0.29, 0.717) is 11.6 Å². The zero-order chi connectivity index (χ0) is 13.7. The lowest BCUT2D eigenvalue weighted by Gasteiger charge is -2.13. The molecule has 1 aliphatic rings. The molecular formula is C14H13N5S. The number of pyridine rings is 1. The second kappa shape index (κ2) is 3.96. The molecule has 0 saturated heterocycles. The van der Waals surface area contributed by atoms with Crippen LogP contribution in [-0.2, 0) is 5.41 Å². The molecular weight excluding hydrogens is 270 g/mol. The van der Waals surface area contributed by atoms with Crippen LogP contribution < -0.4 is 5.73 Å². The van der Waals surface area contributed by atoms with Gasteiger partial charge in [0.15, 0.2) is 5.82 Å². The molecule has 0 amide bonds. The highest BCUT2D eigenvalue weighted by molar-refractivity contribution is 7.13. The fourth-order valence-electron chi connectivity index (χ4n) is 2.46. The maximum atomic E-state index is 6.19. The smallest absolute Gasteiger partial charge is 0.173 e. The summed E-state index contributed by atoms with van der Waals surface area (Å²) >= 11 is 1.50. The first-order valence-corrected chi connectivity index (χ1v) is 7.36. The second-order valence-corrected chi connectivity index (χ2v) is 6.33. The Labute approximate surface area is 119 Å². The standard InChI is InChI=1S/C14H13N5S/c1-14(2-3-14)8-4-16-5-9-11(8)12(15)19-13(18-9)10-6-17-7-20-10/h4-7H,2-3H2,1H3,(H2,15,18,19). The van der Waals surface area contributed by atoms with E-state index in [1.807, 2.05) is 6.20 Å². The van der Waals surface area contributed by atoms with Gasteiger partial charge in [-0.2, -0.15) is 0 Å². The number of aromatic nitrogens is 4. The third kappa shape index (κ3) is 1.68. The number of nitrogens with two attached hydrogens (primary N) is 1. The fourth-order valence-corrected chi connectivity index (χ4v) is 3.02. The lowest BCUT2D eigenvalue weighted by molar-refractivity contribution is 0.790. The zero-order valence-electron chi connectivity index (χ0n) is 11.0. The average Bonchev–Trinajstić information content (AvgIpc) is 2.99. The average molecular weight is 283 g/mol. The number of rotatable bonds is 2. The van der Waals surface area contributed by atoms with Gasteiger partial charge in [-0.3, -0.25) is 9.97 Å². The van der Waals surface area contributed by atoms with Crippen LogP contribution in [0.2, 0.25) is 0 Å². The quantitative estimate of drug-likeness (QED) is 0.782. The van der Waals surface area contributed by atoms with E-state index in [1.165, 1.54) is 29.7 Å². The SMILES string of the molecule is CC1(c2cncc3nc(-c4cncs4)nc(N)c23)CC1. The Morgan fingerprint density at radius 2 is 2.00 bits per heavy atom. The van der Waals surface area contributed by atoms with Crippen molar-refractivity contribution in [3.05, 3.63) is 29.7 Å². The summed E-state index contributed by atoms with van der Waals surface area (Å²) in [6, 6.07) is 0. The molecule has 0 atom stereocenters. The predicted octanol–water partition coefficient (Wildman–Crippen LogP) is 2.78. The van der Waals surface area contributed by atoms with Crippen LogP contribution in [0.3, 0.4) is 0 Å². The number of anilines is 1. The van der Waals surface area contributed by atoms with E-state index in [1.54, 1.807) is 17.9 Å². The van der Waals surface area contributed by atoms with Gasteiger partial charge in [0.2, 0.25) is 0 Å². The molecule has 0 radical (unpaired) electrons. The second-order valence-electron chi connectivity index (χ2n) is 5.44. The van der Waals surface area contributed by atoms with E-state index in [0.717, 1.165) is 15.8 Å². The molecule has 0 unspecified atom stereocenters. The molecule has 5 nitrogen and oxygen atoms in total. The summed E-state index contributed by atoms with van der Waals surface area (Å²) in [5.41, 5.74) is 10.1. The van der Waals surface area contributed by atoms with Crippen molar-refractivity contribution < 1.29 is 0 Å². The van der Waals surface area contributed by atoms with Crippen LogP contribution in [0, 0.1) is 0 Å². The van der Waals surface area contributed by atoms with Crippen molar-refractivity contribution in [2.45, 2.75) is 25.2 Å². The Kier molecular flexibility index (Phi) is 2.32. The molecule has 3 aromatic heterocycles. The molecule has 6 heteroatoms. The van der Waals surface area contributed by atoms with Crippen molar-refractivity contribution in [2.24, 2.45) is 0 Å². The number of thiazole rings is 1. The molecule has 0 bridgehead atoms. The van der Waals surface area contributed by atoms with Crippen molar-refractivity contribution in [1.82, 2.24) is 19.9 Å². The summed E-state index contributed by atoms with van der Waals surface area (Å²) in [5.74, 6) is 1.15. The van der Waals surface area contributed by atoms with Crippen molar-refractivity contribution in [3.63, 3.8) is 0 Å². The van der Waals surface area contributed by atoms with E-state index in [4.69, 9.17) is 5.73 Å². The third-order valence-electron chi connectivity index (χ3n) is 3.94. The Morgan fingerprint density at radius 3 is 2.70 bits per heavy atom. The van der Waals surface area contributed by atoms with Crippen LogP contribution in [0.4, 0.5) is 5.82 Å². The number of nitrogen functional groups attached to an aromatic ring is 1. The lowest BCUT2D eigenvalue weighted by Crippen LogP contribution is -2.06. The van der Waals surface area contributed by atoms with Crippen molar-refractivity contribution >= 4 is 28.1 Å². The Morgan fingerprint density at radius 1 is 1.15 bits per heavy atom. The summed E-state index contributed by atoms with van der Waals surface area (Å²) in [6.45, 7) is 2.24. The van der Waals surface area contributed by atoms with Gasteiger partial charge in [-0.1, -0.05) is 6.92 Å².